The Morgan fingerprint density at radius 3 is 2.73 bits per heavy atom. The van der Waals surface area contributed by atoms with E-state index in [4.69, 9.17) is 4.52 Å². The summed E-state index contributed by atoms with van der Waals surface area (Å²) in [5.41, 5.74) is 0.618. The maximum atomic E-state index is 12.1. The van der Waals surface area contributed by atoms with Crippen LogP contribution in [0.3, 0.4) is 0 Å². The third-order valence-corrected chi connectivity index (χ3v) is 3.01. The normalized spacial score (nSPS) is 12.4. The monoisotopic (exact) mass is 304 g/mol. The van der Waals surface area contributed by atoms with Crippen LogP contribution in [-0.4, -0.2) is 21.0 Å². The van der Waals surface area contributed by atoms with Crippen LogP contribution in [0.4, 0.5) is 0 Å². The summed E-state index contributed by atoms with van der Waals surface area (Å²) in [5, 5.41) is 6.62. The van der Waals surface area contributed by atoms with Gasteiger partial charge in [-0.05, 0) is 19.8 Å². The smallest absolute Gasteiger partial charge is 0.268 e. The molecular formula is C15H20N4O3. The van der Waals surface area contributed by atoms with E-state index in [1.165, 1.54) is 12.1 Å². The molecule has 0 saturated carbocycles. The minimum absolute atomic E-state index is 0.207. The van der Waals surface area contributed by atoms with E-state index in [9.17, 15) is 9.59 Å². The Morgan fingerprint density at radius 2 is 2.09 bits per heavy atom. The van der Waals surface area contributed by atoms with Crippen molar-refractivity contribution in [2.75, 3.05) is 0 Å². The van der Waals surface area contributed by atoms with Crippen LogP contribution in [0.15, 0.2) is 21.5 Å². The van der Waals surface area contributed by atoms with Gasteiger partial charge in [0, 0.05) is 24.2 Å². The number of nitrogens with zero attached hydrogens (tertiary/aromatic N) is 2. The summed E-state index contributed by atoms with van der Waals surface area (Å²) in [7, 11) is 0. The lowest BCUT2D eigenvalue weighted by Gasteiger charge is -2.10. The van der Waals surface area contributed by atoms with Gasteiger partial charge in [0.2, 0.25) is 5.89 Å². The number of aromatic amines is 1. The van der Waals surface area contributed by atoms with E-state index in [-0.39, 0.29) is 11.1 Å². The van der Waals surface area contributed by atoms with Gasteiger partial charge in [0.25, 0.3) is 5.91 Å². The predicted octanol–water partition coefficient (Wildman–Crippen LogP) is 1.76. The van der Waals surface area contributed by atoms with Gasteiger partial charge in [-0.3, -0.25) is 9.59 Å². The van der Waals surface area contributed by atoms with E-state index in [1.54, 1.807) is 13.8 Å². The molecule has 22 heavy (non-hydrogen) atoms. The standard InChI is InChI=1S/C15H20N4O3/c1-8(2)5-13-18-15(22-19-13)10(4)17-14(21)12-7-11(20)6-9(3)16-12/h6-8,10H,5H2,1-4H3,(H,16,20)(H,17,21)/t10-/m1/s1. The second kappa shape index (κ2) is 6.55. The van der Waals surface area contributed by atoms with Crippen molar-refractivity contribution < 1.29 is 9.32 Å². The van der Waals surface area contributed by atoms with Crippen molar-refractivity contribution in [1.29, 1.82) is 0 Å². The summed E-state index contributed by atoms with van der Waals surface area (Å²) >= 11 is 0. The summed E-state index contributed by atoms with van der Waals surface area (Å²) in [5.74, 6) is 0.999. The van der Waals surface area contributed by atoms with Crippen LogP contribution in [-0.2, 0) is 6.42 Å². The summed E-state index contributed by atoms with van der Waals surface area (Å²) in [6.07, 6.45) is 0.718. The molecule has 0 aliphatic heterocycles. The Bertz CT molecular complexity index is 718. The second-order valence-electron chi connectivity index (χ2n) is 5.75. The van der Waals surface area contributed by atoms with Crippen LogP contribution in [0.2, 0.25) is 0 Å². The summed E-state index contributed by atoms with van der Waals surface area (Å²) in [4.78, 5) is 30.7. The number of amides is 1. The van der Waals surface area contributed by atoms with Crippen LogP contribution in [0, 0.1) is 12.8 Å². The van der Waals surface area contributed by atoms with Crippen molar-refractivity contribution in [3.63, 3.8) is 0 Å². The van der Waals surface area contributed by atoms with Gasteiger partial charge < -0.3 is 14.8 Å². The van der Waals surface area contributed by atoms with Crippen LogP contribution in [0.5, 0.6) is 0 Å². The van der Waals surface area contributed by atoms with Crippen molar-refractivity contribution in [2.24, 2.45) is 5.92 Å². The van der Waals surface area contributed by atoms with Gasteiger partial charge >= 0.3 is 0 Å². The molecule has 0 radical (unpaired) electrons. The summed E-state index contributed by atoms with van der Waals surface area (Å²) < 4.78 is 5.16. The molecular weight excluding hydrogens is 284 g/mol. The van der Waals surface area contributed by atoms with E-state index < -0.39 is 11.9 Å². The topological polar surface area (TPSA) is 101 Å². The van der Waals surface area contributed by atoms with E-state index in [0.29, 0.717) is 23.3 Å². The van der Waals surface area contributed by atoms with E-state index in [1.807, 2.05) is 0 Å². The van der Waals surface area contributed by atoms with Gasteiger partial charge in [0.1, 0.15) is 11.7 Å². The lowest BCUT2D eigenvalue weighted by atomic mass is 10.1. The largest absolute Gasteiger partial charge is 0.354 e. The zero-order valence-electron chi connectivity index (χ0n) is 13.1. The Labute approximate surface area is 128 Å². The quantitative estimate of drug-likeness (QED) is 0.876. The Balaban J connectivity index is 2.07. The van der Waals surface area contributed by atoms with E-state index in [2.05, 4.69) is 34.3 Å². The number of carbonyl (C=O) groups excluding carboxylic acids is 1. The zero-order chi connectivity index (χ0) is 16.3. The van der Waals surface area contributed by atoms with Gasteiger partial charge in [0.15, 0.2) is 11.3 Å². The fourth-order valence-electron chi connectivity index (χ4n) is 2.03. The van der Waals surface area contributed by atoms with Crippen molar-refractivity contribution in [1.82, 2.24) is 20.4 Å². The Morgan fingerprint density at radius 1 is 1.36 bits per heavy atom. The average Bonchev–Trinajstić information content (AvgIpc) is 2.85. The molecule has 0 spiro atoms. The number of rotatable bonds is 5. The van der Waals surface area contributed by atoms with Crippen molar-refractivity contribution in [2.45, 2.75) is 40.2 Å². The Kier molecular flexibility index (Phi) is 4.75. The number of nitrogens with one attached hydrogen (secondary N) is 2. The number of carbonyl (C=O) groups is 1. The van der Waals surface area contributed by atoms with Gasteiger partial charge in [-0.25, -0.2) is 0 Å². The Hall–Kier alpha value is -2.44. The molecule has 0 bridgehead atoms. The first-order valence-corrected chi connectivity index (χ1v) is 7.19. The van der Waals surface area contributed by atoms with E-state index >= 15 is 0 Å². The second-order valence-corrected chi connectivity index (χ2v) is 5.75. The number of aromatic nitrogens is 3. The number of H-pyrrole nitrogens is 1. The highest BCUT2D eigenvalue weighted by Crippen LogP contribution is 2.12. The lowest BCUT2D eigenvalue weighted by Crippen LogP contribution is -2.28. The fraction of sp³-hybridized carbons (Fsp3) is 0.467. The van der Waals surface area contributed by atoms with Crippen LogP contribution in [0.1, 0.15) is 54.7 Å². The molecule has 0 saturated heterocycles. The van der Waals surface area contributed by atoms with Crippen molar-refractivity contribution in [3.05, 3.63) is 45.5 Å². The molecule has 2 heterocycles. The molecule has 0 aromatic carbocycles. The lowest BCUT2D eigenvalue weighted by molar-refractivity contribution is 0.0927. The molecule has 0 unspecified atom stereocenters. The molecule has 2 rings (SSSR count). The molecule has 2 aromatic heterocycles. The maximum Gasteiger partial charge on any atom is 0.268 e. The van der Waals surface area contributed by atoms with Crippen LogP contribution in [0.25, 0.3) is 0 Å². The van der Waals surface area contributed by atoms with Crippen LogP contribution < -0.4 is 10.7 Å². The molecule has 0 fully saturated rings. The first kappa shape index (κ1) is 15.9. The van der Waals surface area contributed by atoms with E-state index in [0.717, 1.165) is 6.42 Å². The third kappa shape index (κ3) is 4.03. The summed E-state index contributed by atoms with van der Waals surface area (Å²) in [6.45, 7) is 7.60. The fourth-order valence-corrected chi connectivity index (χ4v) is 2.03. The first-order valence-electron chi connectivity index (χ1n) is 7.19. The molecule has 0 aliphatic rings. The van der Waals surface area contributed by atoms with Gasteiger partial charge in [-0.15, -0.1) is 0 Å². The molecule has 1 atom stereocenters. The minimum atomic E-state index is -0.440. The highest BCUT2D eigenvalue weighted by atomic mass is 16.5. The number of hydrogen-bond acceptors (Lipinski definition) is 5. The first-order chi connectivity index (χ1) is 10.3. The van der Waals surface area contributed by atoms with Gasteiger partial charge in [0.05, 0.1) is 0 Å². The summed E-state index contributed by atoms with van der Waals surface area (Å²) in [6, 6.07) is 2.24. The molecule has 1 amide bonds. The molecule has 118 valence electrons. The number of aryl methyl sites for hydroxylation is 1. The maximum absolute atomic E-state index is 12.1. The highest BCUT2D eigenvalue weighted by molar-refractivity contribution is 5.92. The number of hydrogen-bond donors (Lipinski definition) is 2. The van der Waals surface area contributed by atoms with Gasteiger partial charge in [-0.2, -0.15) is 4.98 Å². The van der Waals surface area contributed by atoms with Crippen molar-refractivity contribution >= 4 is 5.91 Å². The van der Waals surface area contributed by atoms with Crippen LogP contribution >= 0.6 is 0 Å². The zero-order valence-corrected chi connectivity index (χ0v) is 13.1. The molecule has 2 aromatic rings. The van der Waals surface area contributed by atoms with Crippen molar-refractivity contribution in [3.8, 4) is 0 Å². The third-order valence-electron chi connectivity index (χ3n) is 3.01. The predicted molar refractivity (Wildman–Crippen MR) is 80.5 cm³/mol. The molecule has 0 aliphatic carbocycles. The molecule has 7 nitrogen and oxygen atoms in total. The number of pyridine rings is 1. The molecule has 7 heteroatoms. The molecule has 2 N–H and O–H groups in total. The highest BCUT2D eigenvalue weighted by Gasteiger charge is 2.18. The average molecular weight is 304 g/mol. The SMILES string of the molecule is Cc1cc(=O)cc(C(=O)N[C@H](C)c2nc(CC(C)C)no2)[nH]1. The van der Waals surface area contributed by atoms with Gasteiger partial charge in [-0.1, -0.05) is 19.0 Å². The minimum Gasteiger partial charge on any atom is -0.354 e.